The van der Waals surface area contributed by atoms with Crippen LogP contribution in [0.25, 0.3) is 0 Å². The highest BCUT2D eigenvalue weighted by molar-refractivity contribution is 5.11. The summed E-state index contributed by atoms with van der Waals surface area (Å²) < 4.78 is 0. The van der Waals surface area contributed by atoms with E-state index in [1.807, 2.05) is 6.92 Å². The van der Waals surface area contributed by atoms with Crippen LogP contribution in [-0.2, 0) is 0 Å². The summed E-state index contributed by atoms with van der Waals surface area (Å²) in [5.41, 5.74) is 0. The molecule has 0 saturated heterocycles. The van der Waals surface area contributed by atoms with Gasteiger partial charge < -0.3 is 15.5 Å². The molecule has 0 aromatic rings. The van der Waals surface area contributed by atoms with Gasteiger partial charge >= 0.3 is 0 Å². The van der Waals surface area contributed by atoms with Crippen LogP contribution in [-0.4, -0.2) is 35.0 Å². The average Bonchev–Trinajstić information content (AvgIpc) is 2.29. The van der Waals surface area contributed by atoms with Gasteiger partial charge in [0.05, 0.1) is 18.2 Å². The Morgan fingerprint density at radius 1 is 1.27 bits per heavy atom. The molecule has 0 heterocycles. The van der Waals surface area contributed by atoms with Crippen molar-refractivity contribution in [2.75, 3.05) is 6.54 Å². The topological polar surface area (TPSA) is 52.5 Å². The molecule has 0 fully saturated rings. The third kappa shape index (κ3) is 2.02. The van der Waals surface area contributed by atoms with Gasteiger partial charge in [-0.1, -0.05) is 19.1 Å². The van der Waals surface area contributed by atoms with Crippen molar-refractivity contribution in [3.8, 4) is 0 Å². The molecule has 1 aliphatic carbocycles. The highest BCUT2D eigenvalue weighted by atomic mass is 16.3. The molecule has 3 heteroatoms. The van der Waals surface area contributed by atoms with Crippen LogP contribution in [0.3, 0.4) is 0 Å². The largest absolute Gasteiger partial charge is 0.387 e. The molecule has 0 aromatic carbocycles. The first-order valence-corrected chi connectivity index (χ1v) is 4.03. The zero-order chi connectivity index (χ0) is 8.27. The van der Waals surface area contributed by atoms with Crippen molar-refractivity contribution in [3.63, 3.8) is 0 Å². The summed E-state index contributed by atoms with van der Waals surface area (Å²) in [7, 11) is 0. The predicted molar refractivity (Wildman–Crippen MR) is 43.2 cm³/mol. The second kappa shape index (κ2) is 3.85. The van der Waals surface area contributed by atoms with Crippen LogP contribution in [0.4, 0.5) is 0 Å². The summed E-state index contributed by atoms with van der Waals surface area (Å²) in [6, 6.07) is -0.199. The van der Waals surface area contributed by atoms with Gasteiger partial charge in [-0.2, -0.15) is 0 Å². The van der Waals surface area contributed by atoms with Crippen LogP contribution in [0, 0.1) is 0 Å². The Hall–Kier alpha value is -0.380. The van der Waals surface area contributed by atoms with Crippen molar-refractivity contribution >= 4 is 0 Å². The lowest BCUT2D eigenvalue weighted by atomic mass is 10.1. The van der Waals surface area contributed by atoms with E-state index >= 15 is 0 Å². The molecule has 0 aromatic heterocycles. The van der Waals surface area contributed by atoms with E-state index in [0.29, 0.717) is 0 Å². The predicted octanol–water partition coefficient (Wildman–Crippen LogP) is -0.354. The zero-order valence-electron chi connectivity index (χ0n) is 6.70. The fourth-order valence-corrected chi connectivity index (χ4v) is 1.22. The summed E-state index contributed by atoms with van der Waals surface area (Å²) in [5.74, 6) is 0. The van der Waals surface area contributed by atoms with Gasteiger partial charge in [0.2, 0.25) is 0 Å². The van der Waals surface area contributed by atoms with Gasteiger partial charge in [0, 0.05) is 0 Å². The van der Waals surface area contributed by atoms with Gasteiger partial charge in [0.25, 0.3) is 0 Å². The highest BCUT2D eigenvalue weighted by Gasteiger charge is 2.27. The molecule has 1 unspecified atom stereocenters. The van der Waals surface area contributed by atoms with E-state index in [9.17, 15) is 10.2 Å². The Morgan fingerprint density at radius 2 is 1.82 bits per heavy atom. The van der Waals surface area contributed by atoms with Crippen LogP contribution >= 0.6 is 0 Å². The van der Waals surface area contributed by atoms with Gasteiger partial charge in [-0.05, 0) is 13.0 Å². The molecular formula is C8H15NO2. The summed E-state index contributed by atoms with van der Waals surface area (Å²) >= 11 is 0. The minimum atomic E-state index is -0.531. The molecular weight excluding hydrogens is 142 g/mol. The number of hydrogen-bond donors (Lipinski definition) is 3. The third-order valence-electron chi connectivity index (χ3n) is 1.87. The lowest BCUT2D eigenvalue weighted by Gasteiger charge is -2.19. The minimum Gasteiger partial charge on any atom is -0.387 e. The Labute approximate surface area is 66.7 Å². The molecule has 0 spiro atoms. The van der Waals surface area contributed by atoms with E-state index in [4.69, 9.17) is 0 Å². The molecule has 3 N–H and O–H groups in total. The molecule has 11 heavy (non-hydrogen) atoms. The summed E-state index contributed by atoms with van der Waals surface area (Å²) in [5, 5.41) is 21.6. The van der Waals surface area contributed by atoms with Gasteiger partial charge in [-0.25, -0.2) is 0 Å². The highest BCUT2D eigenvalue weighted by Crippen LogP contribution is 2.11. The molecule has 64 valence electrons. The van der Waals surface area contributed by atoms with E-state index in [2.05, 4.69) is 5.32 Å². The monoisotopic (exact) mass is 157 g/mol. The SMILES string of the molecule is CCCNC1[C@H](O)C=C[C@@H]1O. The van der Waals surface area contributed by atoms with Crippen molar-refractivity contribution in [1.82, 2.24) is 5.32 Å². The fraction of sp³-hybridized carbons (Fsp3) is 0.750. The molecule has 0 aliphatic heterocycles. The van der Waals surface area contributed by atoms with Gasteiger partial charge in [-0.3, -0.25) is 0 Å². The molecule has 3 nitrogen and oxygen atoms in total. The first-order valence-electron chi connectivity index (χ1n) is 4.03. The average molecular weight is 157 g/mol. The molecule has 0 saturated carbocycles. The maximum atomic E-state index is 9.28. The second-order valence-corrected chi connectivity index (χ2v) is 2.85. The summed E-state index contributed by atoms with van der Waals surface area (Å²) in [6.07, 6.45) is 3.19. The second-order valence-electron chi connectivity index (χ2n) is 2.85. The van der Waals surface area contributed by atoms with Crippen molar-refractivity contribution in [1.29, 1.82) is 0 Å². The van der Waals surface area contributed by atoms with Gasteiger partial charge in [0.15, 0.2) is 0 Å². The number of hydrogen-bond acceptors (Lipinski definition) is 3. The van der Waals surface area contributed by atoms with Crippen LogP contribution in [0.2, 0.25) is 0 Å². The smallest absolute Gasteiger partial charge is 0.0903 e. The van der Waals surface area contributed by atoms with Crippen LogP contribution in [0.1, 0.15) is 13.3 Å². The number of aliphatic hydroxyl groups excluding tert-OH is 2. The molecule has 0 bridgehead atoms. The molecule has 1 rings (SSSR count). The Balaban J connectivity index is 2.33. The molecule has 1 aliphatic rings. The summed E-state index contributed by atoms with van der Waals surface area (Å²) in [6.45, 7) is 2.88. The molecule has 0 amide bonds. The maximum absolute atomic E-state index is 9.28. The lowest BCUT2D eigenvalue weighted by molar-refractivity contribution is 0.104. The molecule has 3 atom stereocenters. The van der Waals surface area contributed by atoms with Crippen molar-refractivity contribution in [2.24, 2.45) is 0 Å². The zero-order valence-corrected chi connectivity index (χ0v) is 6.70. The van der Waals surface area contributed by atoms with Gasteiger partial charge in [0.1, 0.15) is 0 Å². The third-order valence-corrected chi connectivity index (χ3v) is 1.87. The van der Waals surface area contributed by atoms with Gasteiger partial charge in [-0.15, -0.1) is 0 Å². The number of aliphatic hydroxyl groups is 2. The number of rotatable bonds is 3. The van der Waals surface area contributed by atoms with Crippen LogP contribution < -0.4 is 5.32 Å². The standard InChI is InChI=1S/C8H15NO2/c1-2-5-9-8-6(10)3-4-7(8)11/h3-4,6-11H,2,5H2,1H3/t6-,7+,8?. The number of nitrogens with one attached hydrogen (secondary N) is 1. The van der Waals surface area contributed by atoms with E-state index < -0.39 is 12.2 Å². The Kier molecular flexibility index (Phi) is 3.05. The summed E-state index contributed by atoms with van der Waals surface area (Å²) in [4.78, 5) is 0. The Morgan fingerprint density at radius 3 is 2.27 bits per heavy atom. The normalized spacial score (nSPS) is 36.5. The lowest BCUT2D eigenvalue weighted by Crippen LogP contribution is -2.43. The fourth-order valence-electron chi connectivity index (χ4n) is 1.22. The maximum Gasteiger partial charge on any atom is 0.0903 e. The van der Waals surface area contributed by atoms with E-state index in [1.165, 1.54) is 0 Å². The Bertz CT molecular complexity index is 135. The molecule has 0 radical (unpaired) electrons. The van der Waals surface area contributed by atoms with Crippen molar-refractivity contribution < 1.29 is 10.2 Å². The van der Waals surface area contributed by atoms with Crippen LogP contribution in [0.5, 0.6) is 0 Å². The van der Waals surface area contributed by atoms with Crippen molar-refractivity contribution in [3.05, 3.63) is 12.2 Å². The van der Waals surface area contributed by atoms with E-state index in [1.54, 1.807) is 12.2 Å². The minimum absolute atomic E-state index is 0.199. The quantitative estimate of drug-likeness (QED) is 0.491. The van der Waals surface area contributed by atoms with E-state index in [-0.39, 0.29) is 6.04 Å². The first-order chi connectivity index (χ1) is 5.25. The van der Waals surface area contributed by atoms with Crippen molar-refractivity contribution in [2.45, 2.75) is 31.6 Å². The first kappa shape index (κ1) is 8.71. The van der Waals surface area contributed by atoms with Crippen LogP contribution in [0.15, 0.2) is 12.2 Å². The van der Waals surface area contributed by atoms with E-state index in [0.717, 1.165) is 13.0 Å².